The van der Waals surface area contributed by atoms with Crippen molar-refractivity contribution in [3.05, 3.63) is 30.1 Å². The fourth-order valence-corrected chi connectivity index (χ4v) is 2.36. The van der Waals surface area contributed by atoms with Crippen LogP contribution >= 0.6 is 0 Å². The molecule has 98 valence electrons. The van der Waals surface area contributed by atoms with Crippen LogP contribution in [0, 0.1) is 0 Å². The van der Waals surface area contributed by atoms with Crippen molar-refractivity contribution in [3.8, 4) is 0 Å². The van der Waals surface area contributed by atoms with Gasteiger partial charge in [-0.1, -0.05) is 38.3 Å². The Bertz CT molecular complexity index is 490. The molecular weight excluding hydrogens is 224 g/mol. The van der Waals surface area contributed by atoms with Gasteiger partial charge in [0.1, 0.15) is 5.82 Å². The van der Waals surface area contributed by atoms with E-state index in [1.807, 2.05) is 12.1 Å². The number of fused-ring (bicyclic) bond motifs is 1. The Hall–Kier alpha value is -1.35. The molecule has 1 N–H and O–H groups in total. The monoisotopic (exact) mass is 246 g/mol. The number of benzene rings is 1. The van der Waals surface area contributed by atoms with E-state index in [0.717, 1.165) is 17.9 Å². The summed E-state index contributed by atoms with van der Waals surface area (Å²) in [7, 11) is 0. The Morgan fingerprint density at radius 1 is 1.17 bits per heavy atom. The number of aliphatic hydroxyl groups is 1. The first-order valence-electron chi connectivity index (χ1n) is 6.91. The molecule has 0 saturated carbocycles. The molecular formula is C15H22N2O. The summed E-state index contributed by atoms with van der Waals surface area (Å²) >= 11 is 0. The maximum absolute atomic E-state index is 9.13. The van der Waals surface area contributed by atoms with Gasteiger partial charge in [0.25, 0.3) is 0 Å². The lowest BCUT2D eigenvalue weighted by Gasteiger charge is -2.08. The van der Waals surface area contributed by atoms with E-state index in [0.29, 0.717) is 6.42 Å². The normalized spacial score (nSPS) is 11.2. The fraction of sp³-hybridized carbons (Fsp3) is 0.533. The molecule has 0 spiro atoms. The highest BCUT2D eigenvalue weighted by molar-refractivity contribution is 5.75. The van der Waals surface area contributed by atoms with E-state index in [4.69, 9.17) is 5.11 Å². The minimum absolute atomic E-state index is 0.165. The topological polar surface area (TPSA) is 38.0 Å². The number of rotatable bonds is 7. The molecule has 18 heavy (non-hydrogen) atoms. The number of hydrogen-bond acceptors (Lipinski definition) is 2. The Morgan fingerprint density at radius 3 is 2.78 bits per heavy atom. The van der Waals surface area contributed by atoms with E-state index in [1.54, 1.807) is 0 Å². The maximum atomic E-state index is 9.13. The summed E-state index contributed by atoms with van der Waals surface area (Å²) < 4.78 is 2.27. The SMILES string of the molecule is CCCCCCn1c(CCO)nc2ccccc21. The number of aryl methyl sites for hydroxylation is 1. The minimum Gasteiger partial charge on any atom is -0.396 e. The van der Waals surface area contributed by atoms with Gasteiger partial charge < -0.3 is 9.67 Å². The van der Waals surface area contributed by atoms with E-state index < -0.39 is 0 Å². The van der Waals surface area contributed by atoms with E-state index in [2.05, 4.69) is 28.6 Å². The second-order valence-electron chi connectivity index (χ2n) is 4.70. The molecule has 1 aromatic heterocycles. The van der Waals surface area contributed by atoms with Crippen LogP contribution in [-0.2, 0) is 13.0 Å². The van der Waals surface area contributed by atoms with Crippen molar-refractivity contribution in [3.63, 3.8) is 0 Å². The van der Waals surface area contributed by atoms with Crippen molar-refractivity contribution in [2.45, 2.75) is 45.6 Å². The molecule has 0 radical (unpaired) electrons. The molecule has 0 atom stereocenters. The lowest BCUT2D eigenvalue weighted by molar-refractivity contribution is 0.294. The molecule has 0 aliphatic carbocycles. The molecule has 0 aliphatic heterocycles. The second kappa shape index (κ2) is 6.55. The Labute approximate surface area is 108 Å². The van der Waals surface area contributed by atoms with Crippen LogP contribution in [-0.4, -0.2) is 21.3 Å². The van der Waals surface area contributed by atoms with Crippen LogP contribution in [0.1, 0.15) is 38.4 Å². The molecule has 0 saturated heterocycles. The van der Waals surface area contributed by atoms with E-state index in [1.165, 1.54) is 31.2 Å². The van der Waals surface area contributed by atoms with Crippen molar-refractivity contribution >= 4 is 11.0 Å². The number of unbranched alkanes of at least 4 members (excludes halogenated alkanes) is 3. The van der Waals surface area contributed by atoms with Crippen molar-refractivity contribution in [1.29, 1.82) is 0 Å². The highest BCUT2D eigenvalue weighted by atomic mass is 16.3. The van der Waals surface area contributed by atoms with E-state index >= 15 is 0 Å². The Morgan fingerprint density at radius 2 is 2.00 bits per heavy atom. The molecule has 2 rings (SSSR count). The zero-order valence-electron chi connectivity index (χ0n) is 11.1. The van der Waals surface area contributed by atoms with Crippen LogP contribution in [0.3, 0.4) is 0 Å². The van der Waals surface area contributed by atoms with Gasteiger partial charge in [-0.15, -0.1) is 0 Å². The highest BCUT2D eigenvalue weighted by Gasteiger charge is 2.09. The first-order valence-corrected chi connectivity index (χ1v) is 6.91. The van der Waals surface area contributed by atoms with E-state index in [9.17, 15) is 0 Å². The van der Waals surface area contributed by atoms with Crippen molar-refractivity contribution in [2.75, 3.05) is 6.61 Å². The predicted octanol–water partition coefficient (Wildman–Crippen LogP) is 3.15. The third-order valence-electron chi connectivity index (χ3n) is 3.30. The zero-order valence-corrected chi connectivity index (χ0v) is 11.1. The van der Waals surface area contributed by atoms with Crippen LogP contribution in [0.15, 0.2) is 24.3 Å². The Balaban J connectivity index is 2.19. The first kappa shape index (κ1) is 13.1. The van der Waals surface area contributed by atoms with Gasteiger partial charge in [-0.2, -0.15) is 0 Å². The van der Waals surface area contributed by atoms with Gasteiger partial charge in [0, 0.05) is 13.0 Å². The standard InChI is InChI=1S/C15H22N2O/c1-2-3-4-7-11-17-14-9-6-5-8-13(14)16-15(17)10-12-18/h5-6,8-9,18H,2-4,7,10-12H2,1H3. The first-order chi connectivity index (χ1) is 8.86. The third kappa shape index (κ3) is 2.91. The molecule has 0 aliphatic rings. The number of aliphatic hydroxyl groups excluding tert-OH is 1. The van der Waals surface area contributed by atoms with Crippen LogP contribution in [0.5, 0.6) is 0 Å². The summed E-state index contributed by atoms with van der Waals surface area (Å²) in [6.07, 6.45) is 5.65. The number of imidazole rings is 1. The zero-order chi connectivity index (χ0) is 12.8. The van der Waals surface area contributed by atoms with Gasteiger partial charge in [0.05, 0.1) is 17.6 Å². The molecule has 0 amide bonds. The second-order valence-corrected chi connectivity index (χ2v) is 4.70. The number of hydrogen-bond donors (Lipinski definition) is 1. The molecule has 0 unspecified atom stereocenters. The number of para-hydroxylation sites is 2. The number of nitrogens with zero attached hydrogens (tertiary/aromatic N) is 2. The molecule has 0 bridgehead atoms. The summed E-state index contributed by atoms with van der Waals surface area (Å²) in [4.78, 5) is 4.60. The van der Waals surface area contributed by atoms with Crippen molar-refractivity contribution < 1.29 is 5.11 Å². The van der Waals surface area contributed by atoms with Gasteiger partial charge >= 0.3 is 0 Å². The van der Waals surface area contributed by atoms with Gasteiger partial charge in [-0.05, 0) is 18.6 Å². The molecule has 3 nitrogen and oxygen atoms in total. The average molecular weight is 246 g/mol. The van der Waals surface area contributed by atoms with Crippen LogP contribution in [0.4, 0.5) is 0 Å². The summed E-state index contributed by atoms with van der Waals surface area (Å²) in [5.74, 6) is 1.01. The molecule has 2 aromatic rings. The minimum atomic E-state index is 0.165. The molecule has 0 fully saturated rings. The van der Waals surface area contributed by atoms with Crippen LogP contribution < -0.4 is 0 Å². The summed E-state index contributed by atoms with van der Waals surface area (Å²) in [6.45, 7) is 3.40. The molecule has 1 heterocycles. The van der Waals surface area contributed by atoms with Gasteiger partial charge in [-0.25, -0.2) is 4.98 Å². The lowest BCUT2D eigenvalue weighted by Crippen LogP contribution is -2.06. The van der Waals surface area contributed by atoms with Gasteiger partial charge in [-0.3, -0.25) is 0 Å². The fourth-order valence-electron chi connectivity index (χ4n) is 2.36. The summed E-state index contributed by atoms with van der Waals surface area (Å²) in [5.41, 5.74) is 2.23. The maximum Gasteiger partial charge on any atom is 0.112 e. The van der Waals surface area contributed by atoms with Crippen molar-refractivity contribution in [1.82, 2.24) is 9.55 Å². The Kier molecular flexibility index (Phi) is 4.76. The predicted molar refractivity (Wildman–Crippen MR) is 74.7 cm³/mol. The smallest absolute Gasteiger partial charge is 0.112 e. The molecule has 1 aromatic carbocycles. The van der Waals surface area contributed by atoms with E-state index in [-0.39, 0.29) is 6.61 Å². The highest BCUT2D eigenvalue weighted by Crippen LogP contribution is 2.17. The van der Waals surface area contributed by atoms with Crippen LogP contribution in [0.2, 0.25) is 0 Å². The largest absolute Gasteiger partial charge is 0.396 e. The summed E-state index contributed by atoms with van der Waals surface area (Å²) in [6, 6.07) is 8.22. The van der Waals surface area contributed by atoms with Gasteiger partial charge in [0.2, 0.25) is 0 Å². The quantitative estimate of drug-likeness (QED) is 0.762. The third-order valence-corrected chi connectivity index (χ3v) is 3.30. The molecule has 3 heteroatoms. The number of aromatic nitrogens is 2. The van der Waals surface area contributed by atoms with Gasteiger partial charge in [0.15, 0.2) is 0 Å². The average Bonchev–Trinajstić information content (AvgIpc) is 2.73. The summed E-state index contributed by atoms with van der Waals surface area (Å²) in [5, 5.41) is 9.13. The van der Waals surface area contributed by atoms with Crippen molar-refractivity contribution in [2.24, 2.45) is 0 Å². The van der Waals surface area contributed by atoms with Crippen LogP contribution in [0.25, 0.3) is 11.0 Å². The lowest BCUT2D eigenvalue weighted by atomic mass is 10.2.